The van der Waals surface area contributed by atoms with Gasteiger partial charge in [-0.05, 0) is 59.7 Å². The van der Waals surface area contributed by atoms with E-state index in [9.17, 15) is 10.5 Å². The maximum absolute atomic E-state index is 9.23. The highest BCUT2D eigenvalue weighted by atomic mass is 16.5. The topological polar surface area (TPSA) is 109 Å². The summed E-state index contributed by atoms with van der Waals surface area (Å²) in [6, 6.07) is 18.6. The molecule has 0 aliphatic carbocycles. The zero-order valence-corrected chi connectivity index (χ0v) is 15.5. The van der Waals surface area contributed by atoms with E-state index in [1.807, 2.05) is 72.8 Å². The summed E-state index contributed by atoms with van der Waals surface area (Å²) >= 11 is 0. The molecule has 0 aromatic heterocycles. The minimum absolute atomic E-state index is 0.0186. The van der Waals surface area contributed by atoms with Gasteiger partial charge in [0, 0.05) is 16.9 Å². The van der Waals surface area contributed by atoms with Crippen LogP contribution in [0.25, 0.3) is 12.2 Å². The number of nitrogen functional groups attached to an aromatic ring is 2. The van der Waals surface area contributed by atoms with Crippen molar-refractivity contribution < 1.29 is 4.74 Å². The molecule has 0 bridgehead atoms. The van der Waals surface area contributed by atoms with Crippen LogP contribution in [0, 0.1) is 22.7 Å². The van der Waals surface area contributed by atoms with Gasteiger partial charge in [-0.3, -0.25) is 0 Å². The second-order valence-electron chi connectivity index (χ2n) is 6.25. The van der Waals surface area contributed by atoms with Gasteiger partial charge in [-0.25, -0.2) is 0 Å². The van der Waals surface area contributed by atoms with E-state index in [-0.39, 0.29) is 5.57 Å². The number of nitriles is 2. The van der Waals surface area contributed by atoms with Gasteiger partial charge in [-0.2, -0.15) is 10.5 Å². The molecule has 0 amide bonds. The summed E-state index contributed by atoms with van der Waals surface area (Å²) in [5, 5.41) is 18.5. The summed E-state index contributed by atoms with van der Waals surface area (Å²) in [6.45, 7) is 0. The second-order valence-corrected chi connectivity index (χ2v) is 6.25. The van der Waals surface area contributed by atoms with Crippen molar-refractivity contribution in [2.45, 2.75) is 0 Å². The van der Waals surface area contributed by atoms with Gasteiger partial charge in [0.2, 0.25) is 0 Å². The summed E-state index contributed by atoms with van der Waals surface area (Å²) in [4.78, 5) is 0. The van der Waals surface area contributed by atoms with Crippen molar-refractivity contribution in [2.24, 2.45) is 0 Å². The van der Waals surface area contributed by atoms with Gasteiger partial charge >= 0.3 is 0 Å². The Morgan fingerprint density at radius 3 is 1.48 bits per heavy atom. The minimum atomic E-state index is 0.0186. The maximum atomic E-state index is 9.23. The molecule has 140 valence electrons. The van der Waals surface area contributed by atoms with Gasteiger partial charge < -0.3 is 16.2 Å². The van der Waals surface area contributed by atoms with E-state index in [1.165, 1.54) is 0 Å². The number of anilines is 2. The predicted octanol–water partition coefficient (Wildman–Crippen LogP) is 4.72. The van der Waals surface area contributed by atoms with Gasteiger partial charge in [0.15, 0.2) is 0 Å². The van der Waals surface area contributed by atoms with Crippen molar-refractivity contribution in [1.82, 2.24) is 0 Å². The lowest BCUT2D eigenvalue weighted by Gasteiger charge is -2.14. The highest BCUT2D eigenvalue weighted by Gasteiger charge is 2.11. The van der Waals surface area contributed by atoms with Crippen LogP contribution in [0.1, 0.15) is 11.1 Å². The first-order chi connectivity index (χ1) is 14.1. The summed E-state index contributed by atoms with van der Waals surface area (Å²) in [7, 11) is 0. The molecule has 0 spiro atoms. The van der Waals surface area contributed by atoms with Gasteiger partial charge in [0.25, 0.3) is 0 Å². The van der Waals surface area contributed by atoms with E-state index in [4.69, 9.17) is 16.2 Å². The maximum Gasteiger partial charge on any atom is 0.137 e. The molecule has 5 nitrogen and oxygen atoms in total. The summed E-state index contributed by atoms with van der Waals surface area (Å²) < 4.78 is 5.89. The fraction of sp³-hybridized carbons (Fsp3) is 0. The van der Waals surface area contributed by atoms with E-state index in [1.54, 1.807) is 24.3 Å². The number of hydrogen-bond acceptors (Lipinski definition) is 5. The number of rotatable bonds is 4. The van der Waals surface area contributed by atoms with Crippen molar-refractivity contribution in [1.29, 1.82) is 10.5 Å². The van der Waals surface area contributed by atoms with Crippen LogP contribution in [-0.2, 0) is 4.74 Å². The first-order valence-corrected chi connectivity index (χ1v) is 8.80. The lowest BCUT2D eigenvalue weighted by atomic mass is 10.1. The molecule has 4 N–H and O–H groups in total. The summed E-state index contributed by atoms with van der Waals surface area (Å²) in [5.41, 5.74) is 15.2. The molecular weight excluding hydrogens is 360 g/mol. The normalized spacial score (nSPS) is 13.4. The van der Waals surface area contributed by atoms with Crippen LogP contribution < -0.4 is 11.5 Å². The molecule has 2 aromatic carbocycles. The highest BCUT2D eigenvalue weighted by Crippen LogP contribution is 2.24. The first-order valence-electron chi connectivity index (χ1n) is 8.80. The largest absolute Gasteiger partial charge is 0.457 e. The van der Waals surface area contributed by atoms with Gasteiger partial charge in [0.05, 0.1) is 0 Å². The number of nitrogens with zero attached hydrogens (tertiary/aromatic N) is 2. The quantitative estimate of drug-likeness (QED) is 0.591. The fourth-order valence-corrected chi connectivity index (χ4v) is 2.58. The Morgan fingerprint density at radius 1 is 0.690 bits per heavy atom. The van der Waals surface area contributed by atoms with Crippen LogP contribution in [0.5, 0.6) is 0 Å². The van der Waals surface area contributed by atoms with Gasteiger partial charge in [0.1, 0.15) is 29.2 Å². The number of benzene rings is 2. The molecule has 2 aromatic rings. The molecule has 1 aliphatic heterocycles. The highest BCUT2D eigenvalue weighted by molar-refractivity contribution is 5.61. The first kappa shape index (κ1) is 19.3. The Bertz CT molecular complexity index is 1040. The third kappa shape index (κ3) is 5.26. The molecule has 1 aliphatic rings. The van der Waals surface area contributed by atoms with Gasteiger partial charge in [-0.15, -0.1) is 0 Å². The van der Waals surface area contributed by atoms with Crippen molar-refractivity contribution in [3.63, 3.8) is 0 Å². The van der Waals surface area contributed by atoms with Crippen molar-refractivity contribution in [3.8, 4) is 12.1 Å². The smallest absolute Gasteiger partial charge is 0.137 e. The molecule has 0 saturated carbocycles. The lowest BCUT2D eigenvalue weighted by molar-refractivity contribution is 0.332. The van der Waals surface area contributed by atoms with Crippen LogP contribution in [0.15, 0.2) is 95.5 Å². The minimum Gasteiger partial charge on any atom is -0.457 e. The van der Waals surface area contributed by atoms with Gasteiger partial charge in [-0.1, -0.05) is 36.4 Å². The Kier molecular flexibility index (Phi) is 5.95. The van der Waals surface area contributed by atoms with Crippen LogP contribution in [0.2, 0.25) is 0 Å². The second kappa shape index (κ2) is 8.94. The molecule has 0 unspecified atom stereocenters. The molecule has 29 heavy (non-hydrogen) atoms. The lowest BCUT2D eigenvalue weighted by Crippen LogP contribution is -1.98. The molecule has 5 heteroatoms. The van der Waals surface area contributed by atoms with Crippen molar-refractivity contribution in [3.05, 3.63) is 107 Å². The third-order valence-electron chi connectivity index (χ3n) is 4.10. The number of allylic oxidation sites excluding steroid dienone is 6. The average molecular weight is 378 g/mol. The standard InChI is InChI=1S/C24H18N4O/c25-15-20(16-26)19-13-23(11-5-17-1-7-21(27)8-2-17)29-24(14-19)12-6-18-3-9-22(28)10-4-18/h1-14H,27-28H2/b11-5+,12-6+. The third-order valence-corrected chi connectivity index (χ3v) is 4.10. The van der Waals surface area contributed by atoms with Crippen LogP contribution in [0.4, 0.5) is 11.4 Å². The van der Waals surface area contributed by atoms with Crippen molar-refractivity contribution >= 4 is 23.5 Å². The number of nitrogens with two attached hydrogens (primary N) is 2. The monoisotopic (exact) mass is 378 g/mol. The Balaban J connectivity index is 1.89. The molecule has 0 fully saturated rings. The Morgan fingerprint density at radius 2 is 1.10 bits per heavy atom. The van der Waals surface area contributed by atoms with E-state index in [2.05, 4.69) is 0 Å². The summed E-state index contributed by atoms with van der Waals surface area (Å²) in [6.07, 6.45) is 10.6. The zero-order valence-electron chi connectivity index (χ0n) is 15.5. The van der Waals surface area contributed by atoms with Crippen LogP contribution >= 0.6 is 0 Å². The van der Waals surface area contributed by atoms with Crippen LogP contribution in [0.3, 0.4) is 0 Å². The fourth-order valence-electron chi connectivity index (χ4n) is 2.58. The molecular formula is C24H18N4O. The molecule has 0 atom stereocenters. The molecule has 0 saturated heterocycles. The Labute approximate surface area is 169 Å². The zero-order chi connectivity index (χ0) is 20.6. The number of hydrogen-bond donors (Lipinski definition) is 2. The van der Waals surface area contributed by atoms with Crippen LogP contribution in [-0.4, -0.2) is 0 Å². The van der Waals surface area contributed by atoms with Crippen molar-refractivity contribution in [2.75, 3.05) is 11.5 Å². The Hall–Kier alpha value is -4.48. The summed E-state index contributed by atoms with van der Waals surface area (Å²) in [5.74, 6) is 1.03. The number of ether oxygens (including phenoxy) is 1. The molecule has 1 heterocycles. The van der Waals surface area contributed by atoms with E-state index in [0.29, 0.717) is 28.5 Å². The average Bonchev–Trinajstić information content (AvgIpc) is 2.74. The van der Waals surface area contributed by atoms with E-state index in [0.717, 1.165) is 11.1 Å². The van der Waals surface area contributed by atoms with E-state index < -0.39 is 0 Å². The predicted molar refractivity (Wildman–Crippen MR) is 115 cm³/mol. The van der Waals surface area contributed by atoms with E-state index >= 15 is 0 Å². The molecule has 0 radical (unpaired) electrons. The molecule has 3 rings (SSSR count). The SMILES string of the molecule is N#CC(C#N)=C1C=C(/C=C/c2ccc(N)cc2)OC(/C=C/c2ccc(N)cc2)=C1.